The molecule has 0 aliphatic carbocycles. The molecule has 0 saturated carbocycles. The first-order chi connectivity index (χ1) is 11.1. The number of hydrogen-bond donors (Lipinski definition) is 0. The number of carbonyl (C=O) groups is 1. The molecule has 3 nitrogen and oxygen atoms in total. The van der Waals surface area contributed by atoms with Gasteiger partial charge in [0.1, 0.15) is 0 Å². The minimum absolute atomic E-state index is 0.145. The number of hydrogen-bond acceptors (Lipinski definition) is 2. The molecule has 0 unspecified atom stereocenters. The van der Waals surface area contributed by atoms with Crippen molar-refractivity contribution >= 4 is 5.91 Å². The molecule has 1 fully saturated rings. The SMILES string of the molecule is CC(C)N1CCN(C(=O)c2cccc(-c3ccccc3)c2)CC1. The van der Waals surface area contributed by atoms with Crippen molar-refractivity contribution in [3.63, 3.8) is 0 Å². The van der Waals surface area contributed by atoms with E-state index in [4.69, 9.17) is 0 Å². The van der Waals surface area contributed by atoms with Crippen LogP contribution in [0.25, 0.3) is 11.1 Å². The highest BCUT2D eigenvalue weighted by Crippen LogP contribution is 2.21. The Labute approximate surface area is 138 Å². The Morgan fingerprint density at radius 3 is 2.17 bits per heavy atom. The van der Waals surface area contributed by atoms with Gasteiger partial charge in [-0.05, 0) is 37.1 Å². The van der Waals surface area contributed by atoms with Gasteiger partial charge in [-0.15, -0.1) is 0 Å². The summed E-state index contributed by atoms with van der Waals surface area (Å²) in [4.78, 5) is 17.2. The van der Waals surface area contributed by atoms with Crippen LogP contribution in [-0.4, -0.2) is 47.9 Å². The Balaban J connectivity index is 1.74. The summed E-state index contributed by atoms with van der Waals surface area (Å²) in [6.07, 6.45) is 0. The predicted molar refractivity (Wildman–Crippen MR) is 94.5 cm³/mol. The van der Waals surface area contributed by atoms with Crippen LogP contribution in [0.2, 0.25) is 0 Å². The molecule has 0 aromatic heterocycles. The molecule has 1 aliphatic rings. The molecule has 2 aromatic rings. The second kappa shape index (κ2) is 6.97. The zero-order valence-corrected chi connectivity index (χ0v) is 13.9. The first-order valence-electron chi connectivity index (χ1n) is 8.34. The van der Waals surface area contributed by atoms with E-state index in [2.05, 4.69) is 36.9 Å². The van der Waals surface area contributed by atoms with Crippen LogP contribution in [-0.2, 0) is 0 Å². The predicted octanol–water partition coefficient (Wildman–Crippen LogP) is 3.52. The molecule has 0 bridgehead atoms. The Bertz CT molecular complexity index is 658. The molecule has 1 aliphatic heterocycles. The molecule has 1 amide bonds. The maximum Gasteiger partial charge on any atom is 0.253 e. The van der Waals surface area contributed by atoms with E-state index in [1.165, 1.54) is 0 Å². The minimum Gasteiger partial charge on any atom is -0.336 e. The number of benzene rings is 2. The highest BCUT2D eigenvalue weighted by Gasteiger charge is 2.23. The lowest BCUT2D eigenvalue weighted by molar-refractivity contribution is 0.0595. The fourth-order valence-corrected chi connectivity index (χ4v) is 3.09. The zero-order chi connectivity index (χ0) is 16.2. The summed E-state index contributed by atoms with van der Waals surface area (Å²) in [5, 5.41) is 0. The van der Waals surface area contributed by atoms with Crippen LogP contribution < -0.4 is 0 Å². The van der Waals surface area contributed by atoms with Gasteiger partial charge in [0.15, 0.2) is 0 Å². The third-order valence-electron chi connectivity index (χ3n) is 4.55. The van der Waals surface area contributed by atoms with E-state index >= 15 is 0 Å². The largest absolute Gasteiger partial charge is 0.336 e. The molecule has 1 saturated heterocycles. The van der Waals surface area contributed by atoms with Crippen LogP contribution in [0.15, 0.2) is 54.6 Å². The molecule has 120 valence electrons. The van der Waals surface area contributed by atoms with Gasteiger partial charge in [-0.2, -0.15) is 0 Å². The fraction of sp³-hybridized carbons (Fsp3) is 0.350. The van der Waals surface area contributed by atoms with Gasteiger partial charge in [-0.25, -0.2) is 0 Å². The van der Waals surface area contributed by atoms with Gasteiger partial charge >= 0.3 is 0 Å². The smallest absolute Gasteiger partial charge is 0.253 e. The van der Waals surface area contributed by atoms with E-state index in [0.29, 0.717) is 6.04 Å². The molecule has 2 aromatic carbocycles. The molecule has 0 spiro atoms. The normalized spacial score (nSPS) is 15.9. The first kappa shape index (κ1) is 15.8. The van der Waals surface area contributed by atoms with Crippen LogP contribution in [0.3, 0.4) is 0 Å². The van der Waals surface area contributed by atoms with Gasteiger partial charge in [0, 0.05) is 37.8 Å². The minimum atomic E-state index is 0.145. The van der Waals surface area contributed by atoms with E-state index in [9.17, 15) is 4.79 Å². The van der Waals surface area contributed by atoms with Crippen molar-refractivity contribution in [2.24, 2.45) is 0 Å². The van der Waals surface area contributed by atoms with Crippen molar-refractivity contribution in [1.29, 1.82) is 0 Å². The quantitative estimate of drug-likeness (QED) is 0.866. The Kier molecular flexibility index (Phi) is 4.77. The second-order valence-corrected chi connectivity index (χ2v) is 6.37. The summed E-state index contributed by atoms with van der Waals surface area (Å²) >= 11 is 0. The van der Waals surface area contributed by atoms with E-state index in [-0.39, 0.29) is 5.91 Å². The number of rotatable bonds is 3. The van der Waals surface area contributed by atoms with E-state index in [1.807, 2.05) is 41.3 Å². The lowest BCUT2D eigenvalue weighted by Crippen LogP contribution is -2.50. The highest BCUT2D eigenvalue weighted by molar-refractivity contribution is 5.95. The molecular formula is C20H24N2O. The van der Waals surface area contributed by atoms with Gasteiger partial charge in [-0.3, -0.25) is 9.69 Å². The lowest BCUT2D eigenvalue weighted by Gasteiger charge is -2.37. The van der Waals surface area contributed by atoms with Gasteiger partial charge < -0.3 is 4.90 Å². The average Bonchev–Trinajstić information content (AvgIpc) is 2.62. The molecule has 3 heteroatoms. The van der Waals surface area contributed by atoms with Crippen LogP contribution in [0.4, 0.5) is 0 Å². The second-order valence-electron chi connectivity index (χ2n) is 6.37. The van der Waals surface area contributed by atoms with Gasteiger partial charge in [0.05, 0.1) is 0 Å². The topological polar surface area (TPSA) is 23.6 Å². The standard InChI is InChI=1S/C20H24N2O/c1-16(2)21-11-13-22(14-12-21)20(23)19-10-6-9-18(15-19)17-7-4-3-5-8-17/h3-10,15-16H,11-14H2,1-2H3. The summed E-state index contributed by atoms with van der Waals surface area (Å²) in [6.45, 7) is 7.96. The maximum atomic E-state index is 12.8. The van der Waals surface area contributed by atoms with Gasteiger partial charge in [-0.1, -0.05) is 42.5 Å². The van der Waals surface area contributed by atoms with Crippen molar-refractivity contribution in [2.45, 2.75) is 19.9 Å². The fourth-order valence-electron chi connectivity index (χ4n) is 3.09. The lowest BCUT2D eigenvalue weighted by atomic mass is 10.0. The number of nitrogens with zero attached hydrogens (tertiary/aromatic N) is 2. The van der Waals surface area contributed by atoms with Crippen molar-refractivity contribution in [2.75, 3.05) is 26.2 Å². The monoisotopic (exact) mass is 308 g/mol. The molecule has 3 rings (SSSR count). The van der Waals surface area contributed by atoms with Crippen LogP contribution >= 0.6 is 0 Å². The molecular weight excluding hydrogens is 284 g/mol. The number of piperazine rings is 1. The number of amides is 1. The van der Waals surface area contributed by atoms with Gasteiger partial charge in [0.25, 0.3) is 5.91 Å². The summed E-state index contributed by atoms with van der Waals surface area (Å²) in [5.41, 5.74) is 3.02. The van der Waals surface area contributed by atoms with E-state index in [0.717, 1.165) is 42.9 Å². The highest BCUT2D eigenvalue weighted by atomic mass is 16.2. The molecule has 0 N–H and O–H groups in total. The van der Waals surface area contributed by atoms with Crippen LogP contribution in [0, 0.1) is 0 Å². The zero-order valence-electron chi connectivity index (χ0n) is 13.9. The third kappa shape index (κ3) is 3.62. The summed E-state index contributed by atoms with van der Waals surface area (Å²) in [5.74, 6) is 0.145. The Morgan fingerprint density at radius 2 is 1.52 bits per heavy atom. The van der Waals surface area contributed by atoms with Crippen molar-refractivity contribution in [3.05, 3.63) is 60.2 Å². The molecule has 0 radical (unpaired) electrons. The summed E-state index contributed by atoms with van der Waals surface area (Å²) in [7, 11) is 0. The van der Waals surface area contributed by atoms with Crippen molar-refractivity contribution in [1.82, 2.24) is 9.80 Å². The van der Waals surface area contributed by atoms with Crippen LogP contribution in [0.1, 0.15) is 24.2 Å². The van der Waals surface area contributed by atoms with Crippen molar-refractivity contribution in [3.8, 4) is 11.1 Å². The molecule has 1 heterocycles. The van der Waals surface area contributed by atoms with Crippen molar-refractivity contribution < 1.29 is 4.79 Å². The Morgan fingerprint density at radius 1 is 0.870 bits per heavy atom. The average molecular weight is 308 g/mol. The molecule has 23 heavy (non-hydrogen) atoms. The third-order valence-corrected chi connectivity index (χ3v) is 4.55. The Hall–Kier alpha value is -2.13. The van der Waals surface area contributed by atoms with Gasteiger partial charge in [0.2, 0.25) is 0 Å². The first-order valence-corrected chi connectivity index (χ1v) is 8.34. The van der Waals surface area contributed by atoms with E-state index < -0.39 is 0 Å². The maximum absolute atomic E-state index is 12.8. The van der Waals surface area contributed by atoms with E-state index in [1.54, 1.807) is 0 Å². The van der Waals surface area contributed by atoms with Crippen LogP contribution in [0.5, 0.6) is 0 Å². The molecule has 0 atom stereocenters. The number of carbonyl (C=O) groups excluding carboxylic acids is 1. The summed E-state index contributed by atoms with van der Waals surface area (Å²) < 4.78 is 0. The summed E-state index contributed by atoms with van der Waals surface area (Å²) in [6, 6.07) is 18.7.